The average Bonchev–Trinajstić information content (AvgIpc) is 2.43. The highest BCUT2D eigenvalue weighted by Crippen LogP contribution is 2.21. The van der Waals surface area contributed by atoms with Gasteiger partial charge in [0.15, 0.2) is 0 Å². The van der Waals surface area contributed by atoms with Gasteiger partial charge in [-0.2, -0.15) is 0 Å². The van der Waals surface area contributed by atoms with Crippen LogP contribution >= 0.6 is 11.6 Å². The lowest BCUT2D eigenvalue weighted by molar-refractivity contribution is -0.127. The molecule has 7 heteroatoms. The molecule has 1 aromatic rings. The largest absolute Gasteiger partial charge is 0.370 e. The fourth-order valence-electron chi connectivity index (χ4n) is 2.09. The zero-order valence-corrected chi connectivity index (χ0v) is 12.2. The predicted octanol–water partition coefficient (Wildman–Crippen LogP) is 1.13. The first kappa shape index (κ1) is 14.6. The van der Waals surface area contributed by atoms with Crippen molar-refractivity contribution in [1.82, 2.24) is 15.2 Å². The van der Waals surface area contributed by atoms with Crippen LogP contribution in [0.2, 0.25) is 5.02 Å². The summed E-state index contributed by atoms with van der Waals surface area (Å²) >= 11 is 6.06. The minimum absolute atomic E-state index is 0.151. The Hall–Kier alpha value is -1.82. The normalized spacial score (nSPS) is 18.6. The molecule has 1 aliphatic heterocycles. The van der Waals surface area contributed by atoms with Crippen molar-refractivity contribution in [2.75, 3.05) is 25.0 Å². The molecule has 0 aromatic carbocycles. The summed E-state index contributed by atoms with van der Waals surface area (Å²) in [5.74, 6) is 0.190. The predicted molar refractivity (Wildman–Crippen MR) is 76.9 cm³/mol. The van der Waals surface area contributed by atoms with Crippen LogP contribution in [0.3, 0.4) is 0 Å². The second kappa shape index (κ2) is 6.09. The van der Waals surface area contributed by atoms with Crippen molar-refractivity contribution in [3.8, 4) is 0 Å². The van der Waals surface area contributed by atoms with Crippen molar-refractivity contribution in [3.05, 3.63) is 22.8 Å². The molecule has 1 saturated heterocycles. The molecule has 2 heterocycles. The maximum Gasteiger partial charge on any atom is 0.256 e. The Morgan fingerprint density at radius 1 is 1.65 bits per heavy atom. The van der Waals surface area contributed by atoms with E-state index in [4.69, 9.17) is 11.6 Å². The molecule has 0 bridgehead atoms. The Morgan fingerprint density at radius 3 is 3.10 bits per heavy atom. The monoisotopic (exact) mass is 296 g/mol. The molecular weight excluding hydrogens is 280 g/mol. The molecule has 0 aliphatic carbocycles. The van der Waals surface area contributed by atoms with Crippen LogP contribution in [-0.4, -0.2) is 47.4 Å². The molecule has 0 saturated carbocycles. The third-order valence-corrected chi connectivity index (χ3v) is 3.50. The van der Waals surface area contributed by atoms with Crippen molar-refractivity contribution in [3.63, 3.8) is 0 Å². The van der Waals surface area contributed by atoms with E-state index < -0.39 is 6.04 Å². The standard InChI is InChI=1S/C13H17ClN4O2/c1-3-15-11-6-9(10(14)7-17-11)13(20)18-5-4-16-12(19)8(18)2/h6-8H,3-5H2,1-2H3,(H,15,17)(H,16,19). The number of hydrogen-bond donors (Lipinski definition) is 2. The fraction of sp³-hybridized carbons (Fsp3) is 0.462. The van der Waals surface area contributed by atoms with Crippen LogP contribution in [0.5, 0.6) is 0 Å². The number of pyridine rings is 1. The first-order chi connectivity index (χ1) is 9.54. The number of aromatic nitrogens is 1. The minimum atomic E-state index is -0.497. The van der Waals surface area contributed by atoms with E-state index in [1.54, 1.807) is 13.0 Å². The number of halogens is 1. The van der Waals surface area contributed by atoms with Crippen LogP contribution in [0.15, 0.2) is 12.3 Å². The molecule has 6 nitrogen and oxygen atoms in total. The van der Waals surface area contributed by atoms with E-state index in [9.17, 15) is 9.59 Å². The smallest absolute Gasteiger partial charge is 0.256 e. The summed E-state index contributed by atoms with van der Waals surface area (Å²) in [6.07, 6.45) is 1.45. The van der Waals surface area contributed by atoms with Crippen LogP contribution in [0.1, 0.15) is 24.2 Å². The minimum Gasteiger partial charge on any atom is -0.370 e. The summed E-state index contributed by atoms with van der Waals surface area (Å²) in [6.45, 7) is 5.27. The van der Waals surface area contributed by atoms with E-state index in [-0.39, 0.29) is 16.8 Å². The van der Waals surface area contributed by atoms with Crippen molar-refractivity contribution >= 4 is 29.2 Å². The summed E-state index contributed by atoms with van der Waals surface area (Å²) < 4.78 is 0. The number of carbonyl (C=O) groups is 2. The Labute approximate surface area is 122 Å². The van der Waals surface area contributed by atoms with Gasteiger partial charge < -0.3 is 15.5 Å². The van der Waals surface area contributed by atoms with Crippen molar-refractivity contribution < 1.29 is 9.59 Å². The van der Waals surface area contributed by atoms with Gasteiger partial charge >= 0.3 is 0 Å². The Bertz CT molecular complexity index is 535. The zero-order valence-electron chi connectivity index (χ0n) is 11.4. The number of rotatable bonds is 3. The maximum atomic E-state index is 12.5. The first-order valence-corrected chi connectivity index (χ1v) is 6.90. The lowest BCUT2D eigenvalue weighted by Gasteiger charge is -2.33. The molecule has 1 unspecified atom stereocenters. The van der Waals surface area contributed by atoms with E-state index in [1.807, 2.05) is 6.92 Å². The molecule has 1 aliphatic rings. The second-order valence-electron chi connectivity index (χ2n) is 4.55. The molecule has 0 radical (unpaired) electrons. The number of nitrogens with zero attached hydrogens (tertiary/aromatic N) is 2. The maximum absolute atomic E-state index is 12.5. The fourth-order valence-corrected chi connectivity index (χ4v) is 2.28. The van der Waals surface area contributed by atoms with Gasteiger partial charge in [-0.05, 0) is 19.9 Å². The second-order valence-corrected chi connectivity index (χ2v) is 4.95. The number of hydrogen-bond acceptors (Lipinski definition) is 4. The molecule has 1 atom stereocenters. The van der Waals surface area contributed by atoms with Gasteiger partial charge in [0.25, 0.3) is 5.91 Å². The molecule has 0 spiro atoms. The lowest BCUT2D eigenvalue weighted by atomic mass is 10.1. The Kier molecular flexibility index (Phi) is 4.44. The van der Waals surface area contributed by atoms with Gasteiger partial charge in [-0.25, -0.2) is 4.98 Å². The molecule has 1 aromatic heterocycles. The Balaban J connectivity index is 2.28. The van der Waals surface area contributed by atoms with Crippen LogP contribution in [0.25, 0.3) is 0 Å². The zero-order chi connectivity index (χ0) is 14.7. The van der Waals surface area contributed by atoms with Crippen molar-refractivity contribution in [2.24, 2.45) is 0 Å². The summed E-state index contributed by atoms with van der Waals surface area (Å²) in [6, 6.07) is 1.12. The summed E-state index contributed by atoms with van der Waals surface area (Å²) in [7, 11) is 0. The van der Waals surface area contributed by atoms with Gasteiger partial charge in [-0.1, -0.05) is 11.6 Å². The van der Waals surface area contributed by atoms with Gasteiger partial charge in [0.2, 0.25) is 5.91 Å². The number of carbonyl (C=O) groups excluding carboxylic acids is 2. The summed E-state index contributed by atoms with van der Waals surface area (Å²) in [5, 5.41) is 6.04. The number of nitrogens with one attached hydrogen (secondary N) is 2. The highest BCUT2D eigenvalue weighted by molar-refractivity contribution is 6.33. The lowest BCUT2D eigenvalue weighted by Crippen LogP contribution is -2.55. The number of anilines is 1. The third kappa shape index (κ3) is 2.85. The topological polar surface area (TPSA) is 74.3 Å². The summed E-state index contributed by atoms with van der Waals surface area (Å²) in [4.78, 5) is 29.8. The number of piperazine rings is 1. The molecular formula is C13H17ClN4O2. The number of amides is 2. The van der Waals surface area contributed by atoms with Crippen LogP contribution in [0, 0.1) is 0 Å². The van der Waals surface area contributed by atoms with Crippen LogP contribution < -0.4 is 10.6 Å². The van der Waals surface area contributed by atoms with Crippen molar-refractivity contribution in [1.29, 1.82) is 0 Å². The van der Waals surface area contributed by atoms with Gasteiger partial charge in [0.1, 0.15) is 11.9 Å². The highest BCUT2D eigenvalue weighted by atomic mass is 35.5. The highest BCUT2D eigenvalue weighted by Gasteiger charge is 2.31. The molecule has 1 fully saturated rings. The van der Waals surface area contributed by atoms with Crippen LogP contribution in [-0.2, 0) is 4.79 Å². The molecule has 2 N–H and O–H groups in total. The quantitative estimate of drug-likeness (QED) is 0.877. The van der Waals surface area contributed by atoms with E-state index in [1.165, 1.54) is 11.1 Å². The van der Waals surface area contributed by atoms with Crippen molar-refractivity contribution in [2.45, 2.75) is 19.9 Å². The van der Waals surface area contributed by atoms with Gasteiger partial charge in [-0.15, -0.1) is 0 Å². The van der Waals surface area contributed by atoms with E-state index >= 15 is 0 Å². The first-order valence-electron chi connectivity index (χ1n) is 6.52. The van der Waals surface area contributed by atoms with Crippen LogP contribution in [0.4, 0.5) is 5.82 Å². The molecule has 2 rings (SSSR count). The average molecular weight is 297 g/mol. The molecule has 108 valence electrons. The summed E-state index contributed by atoms with van der Waals surface area (Å²) in [5.41, 5.74) is 0.360. The molecule has 2 amide bonds. The van der Waals surface area contributed by atoms with Gasteiger partial charge in [0, 0.05) is 25.8 Å². The Morgan fingerprint density at radius 2 is 2.40 bits per heavy atom. The van der Waals surface area contributed by atoms with E-state index in [0.717, 1.165) is 0 Å². The van der Waals surface area contributed by atoms with E-state index in [0.29, 0.717) is 31.0 Å². The SMILES string of the molecule is CCNc1cc(C(=O)N2CCNC(=O)C2C)c(Cl)cn1. The molecule has 20 heavy (non-hydrogen) atoms. The van der Waals surface area contributed by atoms with Gasteiger partial charge in [-0.3, -0.25) is 9.59 Å². The van der Waals surface area contributed by atoms with E-state index in [2.05, 4.69) is 15.6 Å². The third-order valence-electron chi connectivity index (χ3n) is 3.20. The van der Waals surface area contributed by atoms with Gasteiger partial charge in [0.05, 0.1) is 10.6 Å².